The summed E-state index contributed by atoms with van der Waals surface area (Å²) >= 11 is 12.0. The fraction of sp³-hybridized carbons (Fsp3) is 0.167. The van der Waals surface area contributed by atoms with Crippen LogP contribution in [0, 0.1) is 0 Å². The number of hydrogen-bond acceptors (Lipinski definition) is 3. The van der Waals surface area contributed by atoms with E-state index in [1.54, 1.807) is 38.4 Å². The lowest BCUT2D eigenvalue weighted by molar-refractivity contribution is 0.654. The molecule has 19 heavy (non-hydrogen) atoms. The van der Waals surface area contributed by atoms with Gasteiger partial charge in [0.25, 0.3) is 5.56 Å². The first-order valence-electron chi connectivity index (χ1n) is 5.41. The number of halogens is 2. The van der Waals surface area contributed by atoms with Gasteiger partial charge in [0, 0.05) is 24.7 Å². The molecule has 1 aromatic heterocycles. The van der Waals surface area contributed by atoms with Gasteiger partial charge in [-0.15, -0.1) is 0 Å². The summed E-state index contributed by atoms with van der Waals surface area (Å²) in [4.78, 5) is 26.5. The van der Waals surface area contributed by atoms with Gasteiger partial charge in [0.1, 0.15) is 5.15 Å². The molecule has 0 spiro atoms. The van der Waals surface area contributed by atoms with Crippen LogP contribution in [0.15, 0.2) is 33.9 Å². The van der Waals surface area contributed by atoms with Gasteiger partial charge in [0.05, 0.1) is 5.56 Å². The molecule has 2 aromatic rings. The summed E-state index contributed by atoms with van der Waals surface area (Å²) in [6.45, 7) is 0. The van der Waals surface area contributed by atoms with Crippen molar-refractivity contribution in [2.24, 2.45) is 0 Å². The maximum atomic E-state index is 12.4. The largest absolute Gasteiger partial charge is 0.348 e. The van der Waals surface area contributed by atoms with Crippen LogP contribution in [0.1, 0.15) is 0 Å². The Balaban J connectivity index is 2.86. The standard InChI is InChI=1S/C12H11Cl2N3O2/c1-16(2)17-11(18)9(10(14)15-12(17)19)7-5-3-4-6-8(7)13/h3-6H,1-2H3,(H,15,19). The maximum Gasteiger partial charge on any atom is 0.348 e. The van der Waals surface area contributed by atoms with E-state index in [0.29, 0.717) is 10.6 Å². The van der Waals surface area contributed by atoms with Crippen LogP contribution in [0.25, 0.3) is 11.1 Å². The summed E-state index contributed by atoms with van der Waals surface area (Å²) in [5, 5.41) is 1.73. The molecule has 0 aliphatic carbocycles. The van der Waals surface area contributed by atoms with Crippen molar-refractivity contribution in [3.63, 3.8) is 0 Å². The van der Waals surface area contributed by atoms with Gasteiger partial charge in [-0.05, 0) is 6.07 Å². The minimum absolute atomic E-state index is 0.0267. The SMILES string of the molecule is CN(C)n1c(=O)[nH]c(Cl)c(-c2ccccc2Cl)c1=O. The van der Waals surface area contributed by atoms with Gasteiger partial charge in [-0.2, -0.15) is 4.68 Å². The highest BCUT2D eigenvalue weighted by Crippen LogP contribution is 2.28. The zero-order valence-electron chi connectivity index (χ0n) is 10.3. The third-order valence-electron chi connectivity index (χ3n) is 2.58. The van der Waals surface area contributed by atoms with Gasteiger partial charge < -0.3 is 5.01 Å². The number of hydrogen-bond donors (Lipinski definition) is 1. The molecule has 0 fully saturated rings. The summed E-state index contributed by atoms with van der Waals surface area (Å²) in [5.74, 6) is 0. The van der Waals surface area contributed by atoms with Crippen LogP contribution in [0.2, 0.25) is 10.2 Å². The minimum atomic E-state index is -0.601. The molecule has 0 saturated heterocycles. The number of rotatable bonds is 2. The van der Waals surface area contributed by atoms with Crippen molar-refractivity contribution in [2.75, 3.05) is 19.1 Å². The van der Waals surface area contributed by atoms with Gasteiger partial charge in [0.2, 0.25) is 0 Å². The fourth-order valence-corrected chi connectivity index (χ4v) is 2.26. The van der Waals surface area contributed by atoms with E-state index < -0.39 is 11.2 Å². The van der Waals surface area contributed by atoms with E-state index in [-0.39, 0.29) is 10.7 Å². The topological polar surface area (TPSA) is 58.1 Å². The summed E-state index contributed by atoms with van der Waals surface area (Å²) in [6.07, 6.45) is 0. The van der Waals surface area contributed by atoms with Gasteiger partial charge >= 0.3 is 5.69 Å². The van der Waals surface area contributed by atoms with Crippen LogP contribution in [-0.2, 0) is 0 Å². The molecule has 0 saturated carbocycles. The zero-order valence-corrected chi connectivity index (χ0v) is 11.8. The molecule has 1 heterocycles. The summed E-state index contributed by atoms with van der Waals surface area (Å²) in [5.41, 5.74) is -0.478. The molecule has 100 valence electrons. The van der Waals surface area contributed by atoms with E-state index in [9.17, 15) is 9.59 Å². The third-order valence-corrected chi connectivity index (χ3v) is 3.19. The second-order valence-electron chi connectivity index (χ2n) is 4.06. The van der Waals surface area contributed by atoms with E-state index >= 15 is 0 Å². The molecule has 0 radical (unpaired) electrons. The smallest absolute Gasteiger partial charge is 0.312 e. The Morgan fingerprint density at radius 2 is 1.79 bits per heavy atom. The lowest BCUT2D eigenvalue weighted by Crippen LogP contribution is -2.47. The van der Waals surface area contributed by atoms with Crippen LogP contribution in [0.5, 0.6) is 0 Å². The average Bonchev–Trinajstić information content (AvgIpc) is 2.30. The maximum absolute atomic E-state index is 12.4. The Bertz CT molecular complexity index is 734. The van der Waals surface area contributed by atoms with Crippen molar-refractivity contribution < 1.29 is 0 Å². The number of aromatic amines is 1. The monoisotopic (exact) mass is 299 g/mol. The first-order valence-corrected chi connectivity index (χ1v) is 6.16. The Kier molecular flexibility index (Phi) is 3.68. The van der Waals surface area contributed by atoms with E-state index in [1.807, 2.05) is 0 Å². The Hall–Kier alpha value is -1.72. The van der Waals surface area contributed by atoms with Crippen molar-refractivity contribution in [1.82, 2.24) is 9.66 Å². The van der Waals surface area contributed by atoms with Crippen LogP contribution >= 0.6 is 23.2 Å². The number of aromatic nitrogens is 2. The summed E-state index contributed by atoms with van der Waals surface area (Å²) in [6, 6.07) is 6.80. The molecule has 0 amide bonds. The molecule has 7 heteroatoms. The molecule has 0 aliphatic rings. The van der Waals surface area contributed by atoms with Crippen LogP contribution in [0.4, 0.5) is 0 Å². The molecule has 0 bridgehead atoms. The number of nitrogens with one attached hydrogen (secondary N) is 1. The molecular formula is C12H11Cl2N3O2. The van der Waals surface area contributed by atoms with Crippen molar-refractivity contribution in [2.45, 2.75) is 0 Å². The molecule has 0 unspecified atom stereocenters. The van der Waals surface area contributed by atoms with Gasteiger partial charge in [-0.25, -0.2) is 4.79 Å². The Labute approximate surface area is 119 Å². The summed E-state index contributed by atoms with van der Waals surface area (Å²) in [7, 11) is 3.17. The summed E-state index contributed by atoms with van der Waals surface area (Å²) < 4.78 is 0.949. The highest BCUT2D eigenvalue weighted by molar-refractivity contribution is 6.35. The molecule has 1 aromatic carbocycles. The first-order chi connectivity index (χ1) is 8.93. The lowest BCUT2D eigenvalue weighted by atomic mass is 10.1. The average molecular weight is 300 g/mol. The number of nitrogens with zero attached hydrogens (tertiary/aromatic N) is 2. The molecular weight excluding hydrogens is 289 g/mol. The fourth-order valence-electron chi connectivity index (χ4n) is 1.76. The second-order valence-corrected chi connectivity index (χ2v) is 4.85. The van der Waals surface area contributed by atoms with Crippen molar-refractivity contribution >= 4 is 23.2 Å². The van der Waals surface area contributed by atoms with Crippen molar-refractivity contribution in [1.29, 1.82) is 0 Å². The highest BCUT2D eigenvalue weighted by atomic mass is 35.5. The molecule has 0 aliphatic heterocycles. The highest BCUT2D eigenvalue weighted by Gasteiger charge is 2.17. The minimum Gasteiger partial charge on any atom is -0.312 e. The van der Waals surface area contributed by atoms with E-state index in [4.69, 9.17) is 23.2 Å². The van der Waals surface area contributed by atoms with E-state index in [2.05, 4.69) is 4.98 Å². The normalized spacial score (nSPS) is 10.5. The van der Waals surface area contributed by atoms with Crippen LogP contribution < -0.4 is 16.3 Å². The van der Waals surface area contributed by atoms with Gasteiger partial charge in [0.15, 0.2) is 0 Å². The number of benzene rings is 1. The van der Waals surface area contributed by atoms with E-state index in [1.165, 1.54) is 5.01 Å². The molecule has 0 atom stereocenters. The van der Waals surface area contributed by atoms with Crippen LogP contribution in [-0.4, -0.2) is 23.8 Å². The Morgan fingerprint density at radius 3 is 2.37 bits per heavy atom. The number of H-pyrrole nitrogens is 1. The first kappa shape index (κ1) is 13.7. The molecule has 1 N–H and O–H groups in total. The van der Waals surface area contributed by atoms with Crippen molar-refractivity contribution in [3.8, 4) is 11.1 Å². The van der Waals surface area contributed by atoms with Gasteiger partial charge in [-0.3, -0.25) is 9.78 Å². The molecule has 2 rings (SSSR count). The predicted octanol–water partition coefficient (Wildman–Crippen LogP) is 1.71. The van der Waals surface area contributed by atoms with Crippen molar-refractivity contribution in [3.05, 3.63) is 55.3 Å². The van der Waals surface area contributed by atoms with E-state index in [0.717, 1.165) is 4.68 Å². The Morgan fingerprint density at radius 1 is 1.16 bits per heavy atom. The lowest BCUT2D eigenvalue weighted by Gasteiger charge is -2.16. The second kappa shape index (κ2) is 5.11. The molecule has 5 nitrogen and oxygen atoms in total. The van der Waals surface area contributed by atoms with Gasteiger partial charge in [-0.1, -0.05) is 41.4 Å². The van der Waals surface area contributed by atoms with Crippen LogP contribution in [0.3, 0.4) is 0 Å². The third kappa shape index (κ3) is 2.39. The zero-order chi connectivity index (χ0) is 14.2. The quantitative estimate of drug-likeness (QED) is 0.859. The predicted molar refractivity (Wildman–Crippen MR) is 76.8 cm³/mol.